The van der Waals surface area contributed by atoms with Crippen LogP contribution in [0.4, 0.5) is 5.69 Å². The summed E-state index contributed by atoms with van der Waals surface area (Å²) in [6.07, 6.45) is 3.74. The van der Waals surface area contributed by atoms with Gasteiger partial charge in [0.15, 0.2) is 0 Å². The van der Waals surface area contributed by atoms with E-state index >= 15 is 0 Å². The van der Waals surface area contributed by atoms with E-state index in [-0.39, 0.29) is 0 Å². The van der Waals surface area contributed by atoms with Crippen LogP contribution >= 0.6 is 0 Å². The van der Waals surface area contributed by atoms with E-state index in [0.717, 1.165) is 23.4 Å². The van der Waals surface area contributed by atoms with Gasteiger partial charge in [0.05, 0.1) is 11.9 Å². The summed E-state index contributed by atoms with van der Waals surface area (Å²) in [5.41, 5.74) is 2.76. The summed E-state index contributed by atoms with van der Waals surface area (Å²) in [6, 6.07) is 5.76. The number of aryl methyl sites for hydroxylation is 2. The molecule has 2 aromatic rings. The third-order valence-electron chi connectivity index (χ3n) is 2.76. The molecule has 2 rings (SSSR count). The molecule has 1 aromatic carbocycles. The fourth-order valence-corrected chi connectivity index (χ4v) is 1.69. The van der Waals surface area contributed by atoms with Gasteiger partial charge in [-0.2, -0.15) is 5.10 Å². The van der Waals surface area contributed by atoms with Crippen molar-refractivity contribution in [3.8, 4) is 5.75 Å². The van der Waals surface area contributed by atoms with Gasteiger partial charge in [0.25, 0.3) is 0 Å². The highest BCUT2D eigenvalue weighted by molar-refractivity contribution is 5.44. The average Bonchev–Trinajstić information content (AvgIpc) is 2.79. The average molecular weight is 231 g/mol. The Bertz CT molecular complexity index is 505. The van der Waals surface area contributed by atoms with Crippen LogP contribution in [0.25, 0.3) is 0 Å². The molecule has 0 atom stereocenters. The van der Waals surface area contributed by atoms with Crippen molar-refractivity contribution in [2.75, 3.05) is 5.32 Å². The minimum Gasteiger partial charge on any atom is -0.507 e. The molecule has 90 valence electrons. The van der Waals surface area contributed by atoms with Crippen LogP contribution in [0, 0.1) is 6.92 Å². The Balaban J connectivity index is 2.04. The quantitative estimate of drug-likeness (QED) is 0.850. The molecule has 4 nitrogen and oxygen atoms in total. The standard InChI is InChI=1S/C13H17N3O/c1-3-16-9-12(8-15-16)14-7-11-6-4-5-10(2)13(11)17/h4-6,8-9,14,17H,3,7H2,1-2H3. The molecule has 0 aliphatic rings. The molecule has 0 aliphatic carbocycles. The molecule has 0 spiro atoms. The number of hydrogen-bond acceptors (Lipinski definition) is 3. The molecule has 0 aliphatic heterocycles. The highest BCUT2D eigenvalue weighted by atomic mass is 16.3. The van der Waals surface area contributed by atoms with Crippen molar-refractivity contribution in [2.45, 2.75) is 26.9 Å². The Hall–Kier alpha value is -1.97. The predicted octanol–water partition coefficient (Wildman–Crippen LogP) is 2.53. The van der Waals surface area contributed by atoms with Crippen molar-refractivity contribution >= 4 is 5.69 Å². The Morgan fingerprint density at radius 2 is 2.24 bits per heavy atom. The Labute approximate surface area is 101 Å². The number of rotatable bonds is 4. The van der Waals surface area contributed by atoms with Crippen LogP contribution in [-0.4, -0.2) is 14.9 Å². The second-order valence-corrected chi connectivity index (χ2v) is 4.02. The second kappa shape index (κ2) is 4.91. The van der Waals surface area contributed by atoms with Crippen molar-refractivity contribution in [2.24, 2.45) is 0 Å². The Morgan fingerprint density at radius 3 is 2.94 bits per heavy atom. The number of phenolic OH excluding ortho intramolecular Hbond substituents is 1. The van der Waals surface area contributed by atoms with E-state index in [1.54, 1.807) is 6.20 Å². The lowest BCUT2D eigenvalue weighted by Crippen LogP contribution is -1.99. The van der Waals surface area contributed by atoms with Crippen molar-refractivity contribution in [3.05, 3.63) is 41.7 Å². The lowest BCUT2D eigenvalue weighted by Gasteiger charge is -2.07. The molecule has 2 N–H and O–H groups in total. The number of aromatic nitrogens is 2. The highest BCUT2D eigenvalue weighted by Crippen LogP contribution is 2.22. The first kappa shape index (κ1) is 11.5. The maximum atomic E-state index is 9.87. The fraction of sp³-hybridized carbons (Fsp3) is 0.308. The zero-order chi connectivity index (χ0) is 12.3. The van der Waals surface area contributed by atoms with Crippen molar-refractivity contribution in [1.82, 2.24) is 9.78 Å². The number of hydrogen-bond donors (Lipinski definition) is 2. The number of nitrogens with one attached hydrogen (secondary N) is 1. The zero-order valence-electron chi connectivity index (χ0n) is 10.1. The number of nitrogens with zero attached hydrogens (tertiary/aromatic N) is 2. The van der Waals surface area contributed by atoms with Crippen LogP contribution in [0.3, 0.4) is 0 Å². The number of phenols is 1. The van der Waals surface area contributed by atoms with Crippen molar-refractivity contribution < 1.29 is 5.11 Å². The largest absolute Gasteiger partial charge is 0.507 e. The van der Waals surface area contributed by atoms with E-state index in [4.69, 9.17) is 0 Å². The summed E-state index contributed by atoms with van der Waals surface area (Å²) in [4.78, 5) is 0. The molecular weight excluding hydrogens is 214 g/mol. The van der Waals surface area contributed by atoms with Crippen LogP contribution in [0.2, 0.25) is 0 Å². The molecule has 0 bridgehead atoms. The molecular formula is C13H17N3O. The normalized spacial score (nSPS) is 10.5. The number of anilines is 1. The van der Waals surface area contributed by atoms with E-state index in [1.165, 1.54) is 0 Å². The first-order valence-electron chi connectivity index (χ1n) is 5.74. The molecule has 0 fully saturated rings. The van der Waals surface area contributed by atoms with Crippen LogP contribution in [0.15, 0.2) is 30.6 Å². The van der Waals surface area contributed by atoms with E-state index in [1.807, 2.05) is 42.9 Å². The minimum atomic E-state index is 0.364. The molecule has 0 amide bonds. The number of para-hydroxylation sites is 1. The first-order chi connectivity index (χ1) is 8.20. The smallest absolute Gasteiger partial charge is 0.123 e. The Morgan fingerprint density at radius 1 is 1.41 bits per heavy atom. The van der Waals surface area contributed by atoms with Gasteiger partial charge in [-0.15, -0.1) is 0 Å². The van der Waals surface area contributed by atoms with Gasteiger partial charge in [-0.1, -0.05) is 18.2 Å². The predicted molar refractivity (Wildman–Crippen MR) is 68.1 cm³/mol. The van der Waals surface area contributed by atoms with E-state index in [2.05, 4.69) is 10.4 Å². The third kappa shape index (κ3) is 2.58. The topological polar surface area (TPSA) is 50.1 Å². The zero-order valence-corrected chi connectivity index (χ0v) is 10.1. The molecule has 0 radical (unpaired) electrons. The van der Waals surface area contributed by atoms with Crippen molar-refractivity contribution in [3.63, 3.8) is 0 Å². The van der Waals surface area contributed by atoms with Gasteiger partial charge in [0, 0.05) is 24.8 Å². The van der Waals surface area contributed by atoms with Gasteiger partial charge >= 0.3 is 0 Å². The lowest BCUT2D eigenvalue weighted by molar-refractivity contribution is 0.465. The van der Waals surface area contributed by atoms with E-state index in [0.29, 0.717) is 12.3 Å². The fourth-order valence-electron chi connectivity index (χ4n) is 1.69. The second-order valence-electron chi connectivity index (χ2n) is 4.02. The molecule has 0 saturated heterocycles. The highest BCUT2D eigenvalue weighted by Gasteiger charge is 2.03. The summed E-state index contributed by atoms with van der Waals surface area (Å²) >= 11 is 0. The van der Waals surface area contributed by atoms with Gasteiger partial charge in [-0.3, -0.25) is 4.68 Å². The van der Waals surface area contributed by atoms with Crippen molar-refractivity contribution in [1.29, 1.82) is 0 Å². The summed E-state index contributed by atoms with van der Waals surface area (Å²) in [5.74, 6) is 0.364. The molecule has 0 saturated carbocycles. The van der Waals surface area contributed by atoms with E-state index in [9.17, 15) is 5.11 Å². The Kier molecular flexibility index (Phi) is 3.32. The molecule has 1 aromatic heterocycles. The minimum absolute atomic E-state index is 0.364. The summed E-state index contributed by atoms with van der Waals surface area (Å²) < 4.78 is 1.86. The van der Waals surface area contributed by atoms with Gasteiger partial charge in [-0.05, 0) is 19.4 Å². The van der Waals surface area contributed by atoms with Gasteiger partial charge in [0.2, 0.25) is 0 Å². The lowest BCUT2D eigenvalue weighted by atomic mass is 10.1. The number of aromatic hydroxyl groups is 1. The molecule has 4 heteroatoms. The van der Waals surface area contributed by atoms with Crippen LogP contribution in [0.5, 0.6) is 5.75 Å². The van der Waals surface area contributed by atoms with Gasteiger partial charge in [0.1, 0.15) is 5.75 Å². The summed E-state index contributed by atoms with van der Waals surface area (Å²) in [6.45, 7) is 5.40. The van der Waals surface area contributed by atoms with Crippen LogP contribution in [0.1, 0.15) is 18.1 Å². The molecule has 1 heterocycles. The summed E-state index contributed by atoms with van der Waals surface area (Å²) in [7, 11) is 0. The SMILES string of the molecule is CCn1cc(NCc2cccc(C)c2O)cn1. The monoisotopic (exact) mass is 231 g/mol. The van der Waals surface area contributed by atoms with E-state index < -0.39 is 0 Å². The maximum absolute atomic E-state index is 9.87. The maximum Gasteiger partial charge on any atom is 0.123 e. The van der Waals surface area contributed by atoms with Crippen LogP contribution in [-0.2, 0) is 13.1 Å². The first-order valence-corrected chi connectivity index (χ1v) is 5.74. The molecule has 17 heavy (non-hydrogen) atoms. The van der Waals surface area contributed by atoms with Gasteiger partial charge < -0.3 is 10.4 Å². The molecule has 0 unspecified atom stereocenters. The summed E-state index contributed by atoms with van der Waals surface area (Å²) in [5, 5.41) is 17.3. The van der Waals surface area contributed by atoms with Gasteiger partial charge in [-0.25, -0.2) is 0 Å². The third-order valence-corrected chi connectivity index (χ3v) is 2.76. The van der Waals surface area contributed by atoms with Crippen LogP contribution < -0.4 is 5.32 Å². The number of benzene rings is 1.